The molecular formula is C13H20N4. The minimum atomic E-state index is 0.232. The number of hydrogen-bond acceptors (Lipinski definition) is 4. The van der Waals surface area contributed by atoms with E-state index in [0.717, 1.165) is 30.8 Å². The fourth-order valence-electron chi connectivity index (χ4n) is 1.72. The summed E-state index contributed by atoms with van der Waals surface area (Å²) < 4.78 is 0. The lowest BCUT2D eigenvalue weighted by Crippen LogP contribution is -2.29. The van der Waals surface area contributed by atoms with E-state index in [-0.39, 0.29) is 6.04 Å². The predicted molar refractivity (Wildman–Crippen MR) is 69.7 cm³/mol. The molecule has 0 aliphatic rings. The second-order valence-corrected chi connectivity index (χ2v) is 4.21. The molecule has 0 aromatic carbocycles. The Labute approximate surface area is 103 Å². The average molecular weight is 232 g/mol. The Morgan fingerprint density at radius 1 is 1.53 bits per heavy atom. The Hall–Kier alpha value is -1.60. The van der Waals surface area contributed by atoms with Crippen molar-refractivity contribution in [3.63, 3.8) is 0 Å². The van der Waals surface area contributed by atoms with Crippen LogP contribution >= 0.6 is 0 Å². The van der Waals surface area contributed by atoms with Crippen molar-refractivity contribution >= 4 is 5.82 Å². The van der Waals surface area contributed by atoms with Gasteiger partial charge in [-0.3, -0.25) is 0 Å². The van der Waals surface area contributed by atoms with Crippen molar-refractivity contribution in [2.24, 2.45) is 5.73 Å². The van der Waals surface area contributed by atoms with Crippen LogP contribution in [-0.2, 0) is 0 Å². The largest absolute Gasteiger partial charge is 0.366 e. The molecule has 0 saturated carbocycles. The van der Waals surface area contributed by atoms with Crippen LogP contribution in [0.15, 0.2) is 12.1 Å². The monoisotopic (exact) mass is 232 g/mol. The molecule has 0 aliphatic heterocycles. The van der Waals surface area contributed by atoms with E-state index in [9.17, 15) is 0 Å². The van der Waals surface area contributed by atoms with Gasteiger partial charge in [0.2, 0.25) is 0 Å². The van der Waals surface area contributed by atoms with Crippen molar-refractivity contribution < 1.29 is 0 Å². The maximum Gasteiger partial charge on any atom is 0.127 e. The molecule has 3 N–H and O–H groups in total. The molecule has 1 unspecified atom stereocenters. The van der Waals surface area contributed by atoms with Gasteiger partial charge in [-0.15, -0.1) is 0 Å². The molecule has 1 aromatic heterocycles. The zero-order valence-corrected chi connectivity index (χ0v) is 10.5. The molecule has 4 heteroatoms. The molecule has 1 heterocycles. The lowest BCUT2D eigenvalue weighted by molar-refractivity contribution is 0.612. The van der Waals surface area contributed by atoms with Crippen molar-refractivity contribution in [1.82, 2.24) is 4.98 Å². The highest BCUT2D eigenvalue weighted by molar-refractivity contribution is 5.45. The van der Waals surface area contributed by atoms with E-state index in [1.807, 2.05) is 6.92 Å². The summed E-state index contributed by atoms with van der Waals surface area (Å²) >= 11 is 0. The maximum atomic E-state index is 8.89. The zero-order valence-electron chi connectivity index (χ0n) is 10.5. The molecule has 0 saturated heterocycles. The van der Waals surface area contributed by atoms with Gasteiger partial charge in [-0.25, -0.2) is 4.98 Å². The number of aromatic nitrogens is 1. The second kappa shape index (κ2) is 6.87. The van der Waals surface area contributed by atoms with Gasteiger partial charge in [-0.1, -0.05) is 19.8 Å². The fraction of sp³-hybridized carbons (Fsp3) is 0.538. The Kier molecular flexibility index (Phi) is 5.44. The van der Waals surface area contributed by atoms with Crippen LogP contribution in [0, 0.1) is 18.3 Å². The average Bonchev–Trinajstić information content (AvgIpc) is 2.33. The summed E-state index contributed by atoms with van der Waals surface area (Å²) in [6.07, 6.45) is 3.33. The van der Waals surface area contributed by atoms with Crippen molar-refractivity contribution in [2.75, 3.05) is 11.9 Å². The molecule has 92 valence electrons. The van der Waals surface area contributed by atoms with Gasteiger partial charge in [0.05, 0.1) is 11.6 Å². The second-order valence-electron chi connectivity index (χ2n) is 4.21. The van der Waals surface area contributed by atoms with Gasteiger partial charge in [0.25, 0.3) is 0 Å². The summed E-state index contributed by atoms with van der Waals surface area (Å²) in [6.45, 7) is 4.62. The zero-order chi connectivity index (χ0) is 12.7. The molecule has 0 spiro atoms. The van der Waals surface area contributed by atoms with Gasteiger partial charge in [0.15, 0.2) is 0 Å². The molecule has 0 aliphatic carbocycles. The van der Waals surface area contributed by atoms with E-state index in [4.69, 9.17) is 11.0 Å². The van der Waals surface area contributed by atoms with Crippen LogP contribution in [0.3, 0.4) is 0 Å². The van der Waals surface area contributed by atoms with Crippen LogP contribution in [0.25, 0.3) is 0 Å². The van der Waals surface area contributed by atoms with E-state index in [0.29, 0.717) is 12.1 Å². The first-order valence-corrected chi connectivity index (χ1v) is 6.05. The molecule has 0 fully saturated rings. The number of aryl methyl sites for hydroxylation is 1. The Morgan fingerprint density at radius 2 is 2.29 bits per heavy atom. The molecule has 1 rings (SSSR count). The number of unbranched alkanes of at least 4 members (excludes halogenated alkanes) is 1. The highest BCUT2D eigenvalue weighted by Gasteiger charge is 2.07. The highest BCUT2D eigenvalue weighted by atomic mass is 15.0. The van der Waals surface area contributed by atoms with Gasteiger partial charge in [0.1, 0.15) is 5.82 Å². The molecule has 17 heavy (non-hydrogen) atoms. The summed E-state index contributed by atoms with van der Waals surface area (Å²) in [7, 11) is 0. The molecule has 1 aromatic rings. The molecule has 0 amide bonds. The van der Waals surface area contributed by atoms with Crippen LogP contribution in [0.5, 0.6) is 0 Å². The van der Waals surface area contributed by atoms with E-state index < -0.39 is 0 Å². The van der Waals surface area contributed by atoms with E-state index >= 15 is 0 Å². The normalized spacial score (nSPS) is 11.9. The number of anilines is 1. The molecular weight excluding hydrogens is 212 g/mol. The SMILES string of the molecule is CCCCC(CN)Nc1cc(C#N)cc(C)n1. The van der Waals surface area contributed by atoms with Crippen LogP contribution in [0.1, 0.15) is 37.4 Å². The lowest BCUT2D eigenvalue weighted by Gasteiger charge is -2.17. The number of hydrogen-bond donors (Lipinski definition) is 2. The quantitative estimate of drug-likeness (QED) is 0.788. The topological polar surface area (TPSA) is 74.7 Å². The van der Waals surface area contributed by atoms with Gasteiger partial charge in [0, 0.05) is 18.3 Å². The van der Waals surface area contributed by atoms with Gasteiger partial charge < -0.3 is 11.1 Å². The minimum Gasteiger partial charge on any atom is -0.366 e. The van der Waals surface area contributed by atoms with Crippen molar-refractivity contribution in [3.05, 3.63) is 23.4 Å². The van der Waals surface area contributed by atoms with Crippen LogP contribution < -0.4 is 11.1 Å². The number of nitrogens with two attached hydrogens (primary N) is 1. The summed E-state index contributed by atoms with van der Waals surface area (Å²) in [5.74, 6) is 0.744. The van der Waals surface area contributed by atoms with Crippen LogP contribution in [0.2, 0.25) is 0 Å². The predicted octanol–water partition coefficient (Wildman–Crippen LogP) is 2.19. The number of rotatable bonds is 6. The summed E-state index contributed by atoms with van der Waals surface area (Å²) in [5.41, 5.74) is 7.19. The summed E-state index contributed by atoms with van der Waals surface area (Å²) in [5, 5.41) is 12.2. The molecule has 1 atom stereocenters. The maximum absolute atomic E-state index is 8.89. The third kappa shape index (κ3) is 4.41. The van der Waals surface area contributed by atoms with Gasteiger partial charge >= 0.3 is 0 Å². The first-order valence-electron chi connectivity index (χ1n) is 6.05. The van der Waals surface area contributed by atoms with Crippen molar-refractivity contribution in [3.8, 4) is 6.07 Å². The van der Waals surface area contributed by atoms with Crippen LogP contribution in [0.4, 0.5) is 5.82 Å². The number of nitriles is 1. The highest BCUT2D eigenvalue weighted by Crippen LogP contribution is 2.12. The van der Waals surface area contributed by atoms with Crippen LogP contribution in [-0.4, -0.2) is 17.6 Å². The first kappa shape index (κ1) is 13.5. The molecule has 0 radical (unpaired) electrons. The third-order valence-corrected chi connectivity index (χ3v) is 2.63. The standard InChI is InChI=1S/C13H20N4/c1-3-4-5-12(9-15)17-13-7-11(8-14)6-10(2)16-13/h6-7,12H,3-5,9,15H2,1-2H3,(H,16,17). The van der Waals surface area contributed by atoms with Crippen molar-refractivity contribution in [2.45, 2.75) is 39.2 Å². The molecule has 4 nitrogen and oxygen atoms in total. The molecule has 0 bridgehead atoms. The van der Waals surface area contributed by atoms with E-state index in [1.165, 1.54) is 0 Å². The van der Waals surface area contributed by atoms with E-state index in [1.54, 1.807) is 12.1 Å². The van der Waals surface area contributed by atoms with E-state index in [2.05, 4.69) is 23.3 Å². The lowest BCUT2D eigenvalue weighted by atomic mass is 10.1. The van der Waals surface area contributed by atoms with Gasteiger partial charge in [-0.05, 0) is 25.5 Å². The fourth-order valence-corrected chi connectivity index (χ4v) is 1.72. The first-order chi connectivity index (χ1) is 8.19. The summed E-state index contributed by atoms with van der Waals surface area (Å²) in [6, 6.07) is 5.90. The minimum absolute atomic E-state index is 0.232. The summed E-state index contributed by atoms with van der Waals surface area (Å²) in [4.78, 5) is 4.36. The van der Waals surface area contributed by atoms with Crippen molar-refractivity contribution in [1.29, 1.82) is 5.26 Å². The number of nitrogens with one attached hydrogen (secondary N) is 1. The number of pyridine rings is 1. The Balaban J connectivity index is 2.72. The Morgan fingerprint density at radius 3 is 2.88 bits per heavy atom. The van der Waals surface area contributed by atoms with Gasteiger partial charge in [-0.2, -0.15) is 5.26 Å². The Bertz CT molecular complexity index is 395. The smallest absolute Gasteiger partial charge is 0.127 e. The number of nitrogens with zero attached hydrogens (tertiary/aromatic N) is 2. The third-order valence-electron chi connectivity index (χ3n) is 2.63.